The third-order valence-electron chi connectivity index (χ3n) is 2.55. The second kappa shape index (κ2) is 5.39. The van der Waals surface area contributed by atoms with E-state index in [1.807, 2.05) is 0 Å². The number of anilines is 1. The Bertz CT molecular complexity index is 707. The maximum Gasteiger partial charge on any atom is 0.259 e. The first-order chi connectivity index (χ1) is 9.81. The number of phenols is 1. The lowest BCUT2D eigenvalue weighted by molar-refractivity contribution is 0.102. The molecular weight excluding hydrogens is 297 g/mol. The van der Waals surface area contributed by atoms with Gasteiger partial charge in [0.1, 0.15) is 17.3 Å². The summed E-state index contributed by atoms with van der Waals surface area (Å²) in [4.78, 5) is 11.7. The molecule has 0 aliphatic rings. The van der Waals surface area contributed by atoms with Crippen molar-refractivity contribution in [2.24, 2.45) is 0 Å². The van der Waals surface area contributed by atoms with Crippen LogP contribution < -0.4 is 5.32 Å². The van der Waals surface area contributed by atoms with E-state index in [-0.39, 0.29) is 6.07 Å². The molecule has 0 aliphatic heterocycles. The molecule has 2 aromatic rings. The Hall–Kier alpha value is -2.64. The van der Waals surface area contributed by atoms with E-state index in [1.54, 1.807) is 5.32 Å². The molecule has 1 amide bonds. The highest BCUT2D eigenvalue weighted by Gasteiger charge is 2.22. The van der Waals surface area contributed by atoms with Crippen molar-refractivity contribution >= 4 is 11.6 Å². The van der Waals surface area contributed by atoms with E-state index in [0.717, 1.165) is 12.1 Å². The number of amides is 1. The van der Waals surface area contributed by atoms with Crippen LogP contribution in [0.1, 0.15) is 10.4 Å². The van der Waals surface area contributed by atoms with Crippen molar-refractivity contribution in [3.63, 3.8) is 0 Å². The number of carbonyl (C=O) groups excluding carboxylic acids is 1. The van der Waals surface area contributed by atoms with Crippen molar-refractivity contribution < 1.29 is 31.9 Å². The monoisotopic (exact) mass is 303 g/mol. The zero-order valence-electron chi connectivity index (χ0n) is 10.1. The van der Waals surface area contributed by atoms with Crippen molar-refractivity contribution in [2.45, 2.75) is 0 Å². The van der Waals surface area contributed by atoms with Gasteiger partial charge >= 0.3 is 0 Å². The lowest BCUT2D eigenvalue weighted by atomic mass is 10.1. The Morgan fingerprint density at radius 3 is 2.10 bits per heavy atom. The lowest BCUT2D eigenvalue weighted by Gasteiger charge is -2.10. The van der Waals surface area contributed by atoms with Gasteiger partial charge in [0.2, 0.25) is 0 Å². The predicted molar refractivity (Wildman–Crippen MR) is 62.3 cm³/mol. The third-order valence-corrected chi connectivity index (χ3v) is 2.55. The van der Waals surface area contributed by atoms with Gasteiger partial charge in [0, 0.05) is 6.07 Å². The first-order valence-electron chi connectivity index (χ1n) is 5.44. The maximum absolute atomic E-state index is 13.4. The lowest BCUT2D eigenvalue weighted by Crippen LogP contribution is -2.16. The molecule has 2 N–H and O–H groups in total. The number of phenolic OH excluding ortho intramolecular Hbond substituents is 1. The van der Waals surface area contributed by atoms with E-state index in [1.165, 1.54) is 0 Å². The SMILES string of the molecule is O=C(Nc1c(F)c(F)cc(F)c1F)c1cc(F)ccc1O. The molecule has 3 nitrogen and oxygen atoms in total. The van der Waals surface area contributed by atoms with Crippen LogP contribution in [0.4, 0.5) is 27.6 Å². The molecular formula is C13H6F5NO2. The summed E-state index contributed by atoms with van der Waals surface area (Å²) in [6.45, 7) is 0. The minimum atomic E-state index is -1.82. The van der Waals surface area contributed by atoms with Gasteiger partial charge in [-0.15, -0.1) is 0 Å². The summed E-state index contributed by atoms with van der Waals surface area (Å²) in [5.74, 6) is -9.98. The van der Waals surface area contributed by atoms with E-state index in [0.29, 0.717) is 6.07 Å². The molecule has 0 fully saturated rings. The van der Waals surface area contributed by atoms with Crippen LogP contribution in [0.2, 0.25) is 0 Å². The number of benzene rings is 2. The Labute approximate surface area is 114 Å². The second-order valence-corrected chi connectivity index (χ2v) is 3.96. The maximum atomic E-state index is 13.4. The van der Waals surface area contributed by atoms with E-state index in [4.69, 9.17) is 0 Å². The van der Waals surface area contributed by atoms with Crippen LogP contribution in [0.15, 0.2) is 24.3 Å². The molecule has 0 bridgehead atoms. The zero-order chi connectivity index (χ0) is 15.7. The molecule has 0 heterocycles. The zero-order valence-corrected chi connectivity index (χ0v) is 10.1. The number of nitrogens with one attached hydrogen (secondary N) is 1. The van der Waals surface area contributed by atoms with Crippen LogP contribution in [-0.4, -0.2) is 11.0 Å². The summed E-state index contributed by atoms with van der Waals surface area (Å²) >= 11 is 0. The average Bonchev–Trinajstić information content (AvgIpc) is 2.43. The third kappa shape index (κ3) is 2.78. The minimum Gasteiger partial charge on any atom is -0.507 e. The van der Waals surface area contributed by atoms with Gasteiger partial charge in [0.05, 0.1) is 5.56 Å². The van der Waals surface area contributed by atoms with E-state index in [9.17, 15) is 31.9 Å². The highest BCUT2D eigenvalue weighted by molar-refractivity contribution is 6.06. The summed E-state index contributed by atoms with van der Waals surface area (Å²) in [7, 11) is 0. The molecule has 0 saturated heterocycles. The van der Waals surface area contributed by atoms with Crippen molar-refractivity contribution in [3.8, 4) is 5.75 Å². The van der Waals surface area contributed by atoms with Crippen molar-refractivity contribution in [2.75, 3.05) is 5.32 Å². The average molecular weight is 303 g/mol. The number of rotatable bonds is 2. The predicted octanol–water partition coefficient (Wildman–Crippen LogP) is 3.34. The van der Waals surface area contributed by atoms with Gasteiger partial charge in [-0.1, -0.05) is 0 Å². The second-order valence-electron chi connectivity index (χ2n) is 3.96. The molecule has 0 aliphatic carbocycles. The first kappa shape index (κ1) is 14.8. The molecule has 0 radical (unpaired) electrons. The topological polar surface area (TPSA) is 49.3 Å². The molecule has 0 unspecified atom stereocenters. The molecule has 21 heavy (non-hydrogen) atoms. The van der Waals surface area contributed by atoms with Crippen LogP contribution in [0.25, 0.3) is 0 Å². The van der Waals surface area contributed by atoms with Gasteiger partial charge in [-0.25, -0.2) is 22.0 Å². The highest BCUT2D eigenvalue weighted by Crippen LogP contribution is 2.26. The van der Waals surface area contributed by atoms with Crippen LogP contribution in [0.5, 0.6) is 5.75 Å². The molecule has 0 saturated carbocycles. The van der Waals surface area contributed by atoms with E-state index < -0.39 is 52.0 Å². The van der Waals surface area contributed by atoms with Gasteiger partial charge < -0.3 is 10.4 Å². The van der Waals surface area contributed by atoms with Crippen molar-refractivity contribution in [1.29, 1.82) is 0 Å². The quantitative estimate of drug-likeness (QED) is 0.660. The summed E-state index contributed by atoms with van der Waals surface area (Å²) in [5.41, 5.74) is -2.03. The smallest absolute Gasteiger partial charge is 0.259 e. The largest absolute Gasteiger partial charge is 0.507 e. The van der Waals surface area contributed by atoms with Crippen molar-refractivity contribution in [1.82, 2.24) is 0 Å². The van der Waals surface area contributed by atoms with Crippen LogP contribution in [-0.2, 0) is 0 Å². The van der Waals surface area contributed by atoms with Gasteiger partial charge in [-0.2, -0.15) is 0 Å². The molecule has 0 spiro atoms. The fourth-order valence-corrected chi connectivity index (χ4v) is 1.55. The number of carbonyl (C=O) groups is 1. The molecule has 2 rings (SSSR count). The number of hydrogen-bond donors (Lipinski definition) is 2. The Morgan fingerprint density at radius 2 is 1.52 bits per heavy atom. The van der Waals surface area contributed by atoms with Crippen molar-refractivity contribution in [3.05, 3.63) is 58.9 Å². The Kier molecular flexibility index (Phi) is 3.79. The van der Waals surface area contributed by atoms with Gasteiger partial charge in [0.15, 0.2) is 23.3 Å². The number of hydrogen-bond acceptors (Lipinski definition) is 2. The normalized spacial score (nSPS) is 10.5. The van der Waals surface area contributed by atoms with Gasteiger partial charge in [-0.3, -0.25) is 4.79 Å². The fourth-order valence-electron chi connectivity index (χ4n) is 1.55. The summed E-state index contributed by atoms with van der Waals surface area (Å²) < 4.78 is 65.7. The molecule has 8 heteroatoms. The molecule has 0 aromatic heterocycles. The van der Waals surface area contributed by atoms with Crippen LogP contribution in [0, 0.1) is 29.1 Å². The Balaban J connectivity index is 2.43. The summed E-state index contributed by atoms with van der Waals surface area (Å²) in [6.07, 6.45) is 0. The first-order valence-corrected chi connectivity index (χ1v) is 5.44. The van der Waals surface area contributed by atoms with Crippen LogP contribution >= 0.6 is 0 Å². The fraction of sp³-hybridized carbons (Fsp3) is 0. The highest BCUT2D eigenvalue weighted by atomic mass is 19.2. The standard InChI is InChI=1S/C13H6F5NO2/c14-5-1-2-9(20)6(3-5)13(21)19-12-10(17)7(15)4-8(16)11(12)18/h1-4,20H,(H,19,21). The molecule has 2 aromatic carbocycles. The van der Waals surface area contributed by atoms with Gasteiger partial charge in [-0.05, 0) is 18.2 Å². The number of aromatic hydroxyl groups is 1. The minimum absolute atomic E-state index is 0.0278. The van der Waals surface area contributed by atoms with Crippen LogP contribution in [0.3, 0.4) is 0 Å². The van der Waals surface area contributed by atoms with E-state index in [2.05, 4.69) is 0 Å². The summed E-state index contributed by atoms with van der Waals surface area (Å²) in [6, 6.07) is 2.24. The summed E-state index contributed by atoms with van der Waals surface area (Å²) in [5, 5.41) is 10.9. The molecule has 110 valence electrons. The van der Waals surface area contributed by atoms with Gasteiger partial charge in [0.25, 0.3) is 5.91 Å². The Morgan fingerprint density at radius 1 is 0.952 bits per heavy atom. The number of halogens is 5. The van der Waals surface area contributed by atoms with E-state index >= 15 is 0 Å². The molecule has 0 atom stereocenters.